The highest BCUT2D eigenvalue weighted by Gasteiger charge is 2.10. The van der Waals surface area contributed by atoms with Gasteiger partial charge in [0.2, 0.25) is 0 Å². The van der Waals surface area contributed by atoms with Crippen LogP contribution in [0.15, 0.2) is 42.6 Å². The molecule has 0 aliphatic heterocycles. The van der Waals surface area contributed by atoms with E-state index in [0.29, 0.717) is 0 Å². The van der Waals surface area contributed by atoms with E-state index in [1.165, 1.54) is 11.1 Å². The third kappa shape index (κ3) is 4.55. The van der Waals surface area contributed by atoms with Crippen LogP contribution in [0.5, 0.6) is 5.75 Å². The van der Waals surface area contributed by atoms with E-state index < -0.39 is 0 Å². The number of nitrogens with zero attached hydrogens (tertiary/aromatic N) is 1. The van der Waals surface area contributed by atoms with Crippen LogP contribution in [0.1, 0.15) is 23.7 Å². The summed E-state index contributed by atoms with van der Waals surface area (Å²) in [6, 6.07) is 12.4. The smallest absolute Gasteiger partial charge is 0.119 e. The number of hydrogen-bond donors (Lipinski definition) is 2. The van der Waals surface area contributed by atoms with Crippen LogP contribution in [0.3, 0.4) is 0 Å². The summed E-state index contributed by atoms with van der Waals surface area (Å²) in [5.74, 6) is 6.56. The van der Waals surface area contributed by atoms with Crippen LogP contribution in [0.4, 0.5) is 0 Å². The molecule has 3 N–H and O–H groups in total. The Labute approximate surface area is 126 Å². The SMILES string of the molecule is CCc1ccc(CC(Cc2cccc(OC)c2)NN)nc1. The highest BCUT2D eigenvalue weighted by molar-refractivity contribution is 5.29. The lowest BCUT2D eigenvalue weighted by atomic mass is 10.0. The summed E-state index contributed by atoms with van der Waals surface area (Å²) in [4.78, 5) is 4.49. The topological polar surface area (TPSA) is 60.2 Å². The predicted octanol–water partition coefficient (Wildman–Crippen LogP) is 2.27. The summed E-state index contributed by atoms with van der Waals surface area (Å²) in [5.41, 5.74) is 6.39. The number of hydrogen-bond acceptors (Lipinski definition) is 4. The fourth-order valence-corrected chi connectivity index (χ4v) is 2.31. The number of hydrazine groups is 1. The average molecular weight is 285 g/mol. The molecule has 112 valence electrons. The molecule has 1 atom stereocenters. The molecule has 1 unspecified atom stereocenters. The second kappa shape index (κ2) is 7.76. The number of methoxy groups -OCH3 is 1. The first kappa shape index (κ1) is 15.5. The van der Waals surface area contributed by atoms with Crippen molar-refractivity contribution in [3.63, 3.8) is 0 Å². The van der Waals surface area contributed by atoms with Gasteiger partial charge in [0.1, 0.15) is 5.75 Å². The number of aromatic nitrogens is 1. The van der Waals surface area contributed by atoms with Crippen molar-refractivity contribution in [2.75, 3.05) is 7.11 Å². The summed E-state index contributed by atoms with van der Waals surface area (Å²) < 4.78 is 5.25. The van der Waals surface area contributed by atoms with E-state index >= 15 is 0 Å². The first-order valence-corrected chi connectivity index (χ1v) is 7.28. The predicted molar refractivity (Wildman–Crippen MR) is 85.1 cm³/mol. The second-order valence-electron chi connectivity index (χ2n) is 5.13. The van der Waals surface area contributed by atoms with Crippen molar-refractivity contribution in [3.05, 3.63) is 59.4 Å². The van der Waals surface area contributed by atoms with Crippen molar-refractivity contribution in [3.8, 4) is 5.75 Å². The zero-order chi connectivity index (χ0) is 15.1. The Kier molecular flexibility index (Phi) is 5.72. The maximum Gasteiger partial charge on any atom is 0.119 e. The molecule has 0 radical (unpaired) electrons. The highest BCUT2D eigenvalue weighted by atomic mass is 16.5. The molecule has 0 bridgehead atoms. The number of rotatable bonds is 7. The van der Waals surface area contributed by atoms with Crippen LogP contribution < -0.4 is 16.0 Å². The molecule has 4 nitrogen and oxygen atoms in total. The van der Waals surface area contributed by atoms with Crippen LogP contribution in [0, 0.1) is 0 Å². The van der Waals surface area contributed by atoms with Crippen molar-refractivity contribution in [1.82, 2.24) is 10.4 Å². The fraction of sp³-hybridized carbons (Fsp3) is 0.353. The number of nitrogens with one attached hydrogen (secondary N) is 1. The summed E-state index contributed by atoms with van der Waals surface area (Å²) in [6.45, 7) is 2.13. The molecular weight excluding hydrogens is 262 g/mol. The van der Waals surface area contributed by atoms with E-state index in [1.54, 1.807) is 7.11 Å². The van der Waals surface area contributed by atoms with Crippen LogP contribution in [-0.2, 0) is 19.3 Å². The van der Waals surface area contributed by atoms with Crippen LogP contribution in [0.2, 0.25) is 0 Å². The van der Waals surface area contributed by atoms with Gasteiger partial charge in [0, 0.05) is 24.4 Å². The van der Waals surface area contributed by atoms with E-state index in [4.69, 9.17) is 10.6 Å². The molecule has 0 aliphatic carbocycles. The largest absolute Gasteiger partial charge is 0.497 e. The number of ether oxygens (including phenoxy) is 1. The minimum Gasteiger partial charge on any atom is -0.497 e. The first-order chi connectivity index (χ1) is 10.2. The minimum absolute atomic E-state index is 0.150. The van der Waals surface area contributed by atoms with Gasteiger partial charge < -0.3 is 4.74 Å². The highest BCUT2D eigenvalue weighted by Crippen LogP contribution is 2.15. The Balaban J connectivity index is 2.01. The number of pyridine rings is 1. The number of aryl methyl sites for hydroxylation is 1. The molecule has 1 heterocycles. The number of nitrogens with two attached hydrogens (primary N) is 1. The Morgan fingerprint density at radius 2 is 2.05 bits per heavy atom. The molecule has 1 aromatic carbocycles. The fourth-order valence-electron chi connectivity index (χ4n) is 2.31. The van der Waals surface area contributed by atoms with Crippen LogP contribution in [0.25, 0.3) is 0 Å². The normalized spacial score (nSPS) is 12.1. The van der Waals surface area contributed by atoms with Gasteiger partial charge in [-0.25, -0.2) is 0 Å². The molecule has 0 fully saturated rings. The summed E-state index contributed by atoms with van der Waals surface area (Å²) in [6.07, 6.45) is 4.59. The van der Waals surface area contributed by atoms with Gasteiger partial charge in [0.25, 0.3) is 0 Å². The standard InChI is InChI=1S/C17H23N3O/c1-3-13-7-8-15(19-12-13)11-16(20-18)9-14-5-4-6-17(10-14)21-2/h4-8,10,12,16,20H,3,9,11,18H2,1-2H3. The lowest BCUT2D eigenvalue weighted by Crippen LogP contribution is -2.38. The summed E-state index contributed by atoms with van der Waals surface area (Å²) in [7, 11) is 1.68. The Hall–Kier alpha value is -1.91. The van der Waals surface area contributed by atoms with Gasteiger partial charge in [-0.1, -0.05) is 25.1 Å². The van der Waals surface area contributed by atoms with E-state index in [9.17, 15) is 0 Å². The first-order valence-electron chi connectivity index (χ1n) is 7.28. The molecule has 1 aromatic heterocycles. The Morgan fingerprint density at radius 1 is 1.19 bits per heavy atom. The third-order valence-corrected chi connectivity index (χ3v) is 3.60. The van der Waals surface area contributed by atoms with Crippen LogP contribution in [-0.4, -0.2) is 18.1 Å². The van der Waals surface area contributed by atoms with E-state index in [2.05, 4.69) is 35.5 Å². The zero-order valence-electron chi connectivity index (χ0n) is 12.7. The quantitative estimate of drug-likeness (QED) is 0.605. The molecule has 0 spiro atoms. The van der Waals surface area contributed by atoms with Crippen LogP contribution >= 0.6 is 0 Å². The van der Waals surface area contributed by atoms with Gasteiger partial charge in [0.05, 0.1) is 7.11 Å². The Bertz CT molecular complexity index is 554. The molecule has 2 aromatic rings. The molecule has 0 saturated heterocycles. The van der Waals surface area contributed by atoms with Gasteiger partial charge in [-0.05, 0) is 42.2 Å². The van der Waals surface area contributed by atoms with Gasteiger partial charge >= 0.3 is 0 Å². The molecule has 2 rings (SSSR count). The van der Waals surface area contributed by atoms with Crippen molar-refractivity contribution in [2.45, 2.75) is 32.2 Å². The molecule has 21 heavy (non-hydrogen) atoms. The minimum atomic E-state index is 0.150. The maximum atomic E-state index is 5.69. The second-order valence-corrected chi connectivity index (χ2v) is 5.13. The number of benzene rings is 1. The summed E-state index contributed by atoms with van der Waals surface area (Å²) in [5, 5.41) is 0. The van der Waals surface area contributed by atoms with Gasteiger partial charge in [0.15, 0.2) is 0 Å². The molecular formula is C17H23N3O. The third-order valence-electron chi connectivity index (χ3n) is 3.60. The van der Waals surface area contributed by atoms with Crippen molar-refractivity contribution in [1.29, 1.82) is 0 Å². The zero-order valence-corrected chi connectivity index (χ0v) is 12.7. The van der Waals surface area contributed by atoms with E-state index in [1.807, 2.05) is 24.4 Å². The Morgan fingerprint density at radius 3 is 2.67 bits per heavy atom. The van der Waals surface area contributed by atoms with Crippen molar-refractivity contribution < 1.29 is 4.74 Å². The van der Waals surface area contributed by atoms with E-state index in [-0.39, 0.29) is 6.04 Å². The van der Waals surface area contributed by atoms with E-state index in [0.717, 1.165) is 30.7 Å². The van der Waals surface area contributed by atoms with Gasteiger partial charge in [-0.3, -0.25) is 16.3 Å². The molecule has 0 amide bonds. The van der Waals surface area contributed by atoms with Gasteiger partial charge in [-0.2, -0.15) is 0 Å². The molecule has 0 saturated carbocycles. The monoisotopic (exact) mass is 285 g/mol. The maximum absolute atomic E-state index is 5.69. The van der Waals surface area contributed by atoms with Gasteiger partial charge in [-0.15, -0.1) is 0 Å². The lowest BCUT2D eigenvalue weighted by molar-refractivity contribution is 0.413. The average Bonchev–Trinajstić information content (AvgIpc) is 2.55. The lowest BCUT2D eigenvalue weighted by Gasteiger charge is -2.16. The van der Waals surface area contributed by atoms with Crippen molar-refractivity contribution in [2.24, 2.45) is 5.84 Å². The van der Waals surface area contributed by atoms with Crippen molar-refractivity contribution >= 4 is 0 Å². The molecule has 0 aliphatic rings. The summed E-state index contributed by atoms with van der Waals surface area (Å²) >= 11 is 0. The molecule has 4 heteroatoms.